The van der Waals surface area contributed by atoms with Crippen LogP contribution in [0.25, 0.3) is 0 Å². The van der Waals surface area contributed by atoms with Gasteiger partial charge in [-0.05, 0) is 25.7 Å². The van der Waals surface area contributed by atoms with E-state index >= 15 is 0 Å². The summed E-state index contributed by atoms with van der Waals surface area (Å²) in [6.07, 6.45) is -12.2. The Kier molecular flexibility index (Phi) is 59.6. The van der Waals surface area contributed by atoms with Crippen molar-refractivity contribution in [3.05, 3.63) is 0 Å². The van der Waals surface area contributed by atoms with Gasteiger partial charge in [0, 0.05) is 128 Å². The number of carboxylic acids is 4. The predicted molar refractivity (Wildman–Crippen MR) is 386 cm³/mol. The summed E-state index contributed by atoms with van der Waals surface area (Å²) in [4.78, 5) is 115. The standard InChI is InChI=1S/C68H128N8O36/c77-21-49(22-78)105-37-45(38-106-50(23-79)24-80)17-69-61(93)5-1-57(65(97)98)73-9-11-74(58(66(99)100)2-6-62(94)70-18-46(39-107-51(25-81)26-82)40-108-52(27-83)28-84)13-15-76(60(68(103)104)4-8-64(96)72-20-48(43-111-55(33-89)34-90)44-112-56(35-91)36-92)16-14-75(12-10-73)59(67(101)102)3-7-63(95)71-19-47(41-109-53(29-85)30-86)42-110-54(31-87)32-88/h45-60,77-92H,1-44H2,(H,69,93)(H,70,94)(H,71,95)(H,72,96)(H,97,98)(H,99,100)(H,101,102)(H,103,104)/t57-,58-,59-,60-/m0/s1. The van der Waals surface area contributed by atoms with Crippen LogP contribution < -0.4 is 21.3 Å². The first-order chi connectivity index (χ1) is 53.8. The van der Waals surface area contributed by atoms with Crippen molar-refractivity contribution in [3.63, 3.8) is 0 Å². The van der Waals surface area contributed by atoms with Crippen molar-refractivity contribution in [2.75, 3.05) is 237 Å². The quantitative estimate of drug-likeness (QED) is 0.0269. The molecule has 0 aromatic carbocycles. The Morgan fingerprint density at radius 3 is 0.464 bits per heavy atom. The molecule has 1 aliphatic heterocycles. The molecule has 4 atom stereocenters. The number of aliphatic carboxylic acids is 4. The maximum atomic E-state index is 13.8. The number of rotatable bonds is 68. The van der Waals surface area contributed by atoms with Gasteiger partial charge in [-0.1, -0.05) is 0 Å². The van der Waals surface area contributed by atoms with Gasteiger partial charge in [0.15, 0.2) is 0 Å². The molecule has 44 nitrogen and oxygen atoms in total. The number of aliphatic hydroxyl groups is 16. The summed E-state index contributed by atoms with van der Waals surface area (Å²) >= 11 is 0. The van der Waals surface area contributed by atoms with Gasteiger partial charge < -0.3 is 161 Å². The lowest BCUT2D eigenvalue weighted by Gasteiger charge is -2.40. The summed E-state index contributed by atoms with van der Waals surface area (Å²) in [6.45, 7) is -15.3. The number of ether oxygens (including phenoxy) is 8. The van der Waals surface area contributed by atoms with E-state index in [-0.39, 0.29) is 79.0 Å². The molecule has 1 saturated heterocycles. The number of carbonyl (C=O) groups excluding carboxylic acids is 4. The highest BCUT2D eigenvalue weighted by Gasteiger charge is 2.37. The van der Waals surface area contributed by atoms with E-state index in [9.17, 15) is 140 Å². The number of nitrogens with one attached hydrogen (secondary N) is 4. The third kappa shape index (κ3) is 44.7. The van der Waals surface area contributed by atoms with E-state index in [1.54, 1.807) is 0 Å². The minimum Gasteiger partial charge on any atom is -0.480 e. The molecule has 1 heterocycles. The van der Waals surface area contributed by atoms with E-state index in [0.29, 0.717) is 0 Å². The van der Waals surface area contributed by atoms with Crippen LogP contribution >= 0.6 is 0 Å². The van der Waals surface area contributed by atoms with E-state index < -0.39 is 354 Å². The second-order valence-corrected chi connectivity index (χ2v) is 27.0. The molecule has 0 saturated carbocycles. The molecule has 1 rings (SSSR count). The highest BCUT2D eigenvalue weighted by Crippen LogP contribution is 2.20. The van der Waals surface area contributed by atoms with Gasteiger partial charge >= 0.3 is 23.9 Å². The Morgan fingerprint density at radius 1 is 0.232 bits per heavy atom. The topological polar surface area (TPSA) is 676 Å². The van der Waals surface area contributed by atoms with E-state index in [1.165, 1.54) is 19.6 Å². The molecule has 44 heteroatoms. The number of hydrogen-bond donors (Lipinski definition) is 24. The van der Waals surface area contributed by atoms with Crippen LogP contribution in [0.2, 0.25) is 0 Å². The largest absolute Gasteiger partial charge is 0.480 e. The predicted octanol–water partition coefficient (Wildman–Crippen LogP) is -12.0. The zero-order valence-electron chi connectivity index (χ0n) is 63.6. The van der Waals surface area contributed by atoms with E-state index in [1.807, 2.05) is 0 Å². The van der Waals surface area contributed by atoms with Crippen molar-refractivity contribution in [3.8, 4) is 0 Å². The van der Waals surface area contributed by atoms with Gasteiger partial charge in [0.2, 0.25) is 23.6 Å². The molecule has 4 amide bonds. The smallest absolute Gasteiger partial charge is 0.320 e. The molecule has 24 N–H and O–H groups in total. The first-order valence-corrected chi connectivity index (χ1v) is 37.4. The average molecular weight is 1630 g/mol. The Bertz CT molecular complexity index is 2080. The Hall–Kier alpha value is -5.36. The van der Waals surface area contributed by atoms with Gasteiger partial charge in [0.1, 0.15) is 73.0 Å². The molecule has 0 aromatic heterocycles. The first kappa shape index (κ1) is 105. The maximum absolute atomic E-state index is 13.8. The Morgan fingerprint density at radius 2 is 0.357 bits per heavy atom. The van der Waals surface area contributed by atoms with Gasteiger partial charge in [0.05, 0.1) is 159 Å². The van der Waals surface area contributed by atoms with Crippen molar-refractivity contribution in [2.45, 2.75) is 124 Å². The molecule has 0 bridgehead atoms. The molecular weight excluding hydrogens is 1500 g/mol. The Balaban J connectivity index is 4.18. The SMILES string of the molecule is O=C(CC[C@@H](C(=O)O)N1CCN([C@@H](CCC(=O)NCC(COC(CO)CO)COC(CO)CO)C(=O)O)CCN([C@@H](CCC(=O)NCC(COC(CO)CO)COC(CO)CO)C(=O)O)CCN([C@@H](CCC(=O)NCC(COC(CO)CO)COC(CO)CO)C(=O)O)CC1)NCC(COC(CO)CO)COC(CO)CO. The number of aliphatic hydroxyl groups excluding tert-OH is 16. The monoisotopic (exact) mass is 1630 g/mol. The minimum atomic E-state index is -1.63. The molecule has 1 aliphatic rings. The lowest BCUT2D eigenvalue weighted by atomic mass is 10.1. The van der Waals surface area contributed by atoms with Gasteiger partial charge in [-0.3, -0.25) is 58.0 Å². The molecule has 0 aliphatic carbocycles. The van der Waals surface area contributed by atoms with E-state index in [4.69, 9.17) is 37.9 Å². The molecule has 1 fully saturated rings. The first-order valence-electron chi connectivity index (χ1n) is 37.4. The fourth-order valence-electron chi connectivity index (χ4n) is 11.2. The van der Waals surface area contributed by atoms with Crippen LogP contribution in [0.3, 0.4) is 0 Å². The van der Waals surface area contributed by atoms with Crippen molar-refractivity contribution in [2.24, 2.45) is 23.7 Å². The van der Waals surface area contributed by atoms with Crippen LogP contribution in [0.15, 0.2) is 0 Å². The summed E-state index contributed by atoms with van der Waals surface area (Å²) in [5, 5.41) is 209. The number of carbonyl (C=O) groups is 8. The van der Waals surface area contributed by atoms with Gasteiger partial charge in [-0.25, -0.2) is 0 Å². The minimum absolute atomic E-state index is 0.220. The fraction of sp³-hybridized carbons (Fsp3) is 0.882. The summed E-state index contributed by atoms with van der Waals surface area (Å²) in [5.41, 5.74) is 0. The average Bonchev–Trinajstić information content (AvgIpc) is 0.829. The second kappa shape index (κ2) is 63.8. The molecule has 656 valence electrons. The zero-order chi connectivity index (χ0) is 83.8. The molecule has 0 unspecified atom stereocenters. The van der Waals surface area contributed by atoms with Crippen molar-refractivity contribution in [1.82, 2.24) is 40.9 Å². The van der Waals surface area contributed by atoms with Crippen LogP contribution in [-0.2, 0) is 76.3 Å². The molecule has 0 spiro atoms. The summed E-state index contributed by atoms with van der Waals surface area (Å²) in [5.74, 6) is -11.9. The summed E-state index contributed by atoms with van der Waals surface area (Å²) < 4.78 is 44.4. The molecular formula is C68H128N8O36. The van der Waals surface area contributed by atoms with Crippen LogP contribution in [0, 0.1) is 23.7 Å². The second-order valence-electron chi connectivity index (χ2n) is 27.0. The van der Waals surface area contributed by atoms with Crippen LogP contribution in [0.1, 0.15) is 51.4 Å². The maximum Gasteiger partial charge on any atom is 0.320 e. The number of hydrogen-bond acceptors (Lipinski definition) is 36. The molecule has 0 aromatic rings. The van der Waals surface area contributed by atoms with Gasteiger partial charge in [-0.15, -0.1) is 0 Å². The Labute approximate surface area is 650 Å². The number of carboxylic acid groups (broad SMARTS) is 4. The number of nitrogens with zero attached hydrogens (tertiary/aromatic N) is 4. The number of amides is 4. The summed E-state index contributed by atoms with van der Waals surface area (Å²) in [6, 6.07) is -6.54. The third-order valence-electron chi connectivity index (χ3n) is 18.3. The highest BCUT2D eigenvalue weighted by molar-refractivity contribution is 5.80. The van der Waals surface area contributed by atoms with Gasteiger partial charge in [0.25, 0.3) is 0 Å². The van der Waals surface area contributed by atoms with Crippen molar-refractivity contribution >= 4 is 47.5 Å². The highest BCUT2D eigenvalue weighted by atomic mass is 16.6. The lowest BCUT2D eigenvalue weighted by molar-refractivity contribution is -0.148. The van der Waals surface area contributed by atoms with E-state index in [2.05, 4.69) is 21.3 Å². The van der Waals surface area contributed by atoms with Crippen molar-refractivity contribution < 1.29 is 178 Å². The normalized spacial score (nSPS) is 15.4. The van der Waals surface area contributed by atoms with Crippen LogP contribution in [0.4, 0.5) is 0 Å². The molecule has 112 heavy (non-hydrogen) atoms. The zero-order valence-corrected chi connectivity index (χ0v) is 63.6. The lowest BCUT2D eigenvalue weighted by Crippen LogP contribution is -2.56. The fourth-order valence-corrected chi connectivity index (χ4v) is 11.2. The van der Waals surface area contributed by atoms with Gasteiger partial charge in [-0.2, -0.15) is 0 Å². The van der Waals surface area contributed by atoms with Crippen LogP contribution in [0.5, 0.6) is 0 Å². The third-order valence-corrected chi connectivity index (χ3v) is 18.3. The van der Waals surface area contributed by atoms with Crippen LogP contribution in [-0.4, -0.2) is 479 Å². The van der Waals surface area contributed by atoms with E-state index in [0.717, 1.165) is 0 Å². The summed E-state index contributed by atoms with van der Waals surface area (Å²) in [7, 11) is 0. The van der Waals surface area contributed by atoms with Crippen molar-refractivity contribution in [1.29, 1.82) is 0 Å². The molecule has 0 radical (unpaired) electrons.